The summed E-state index contributed by atoms with van der Waals surface area (Å²) in [5.74, 6) is -0.181. The number of aromatic nitrogens is 1. The molecule has 1 aliphatic heterocycles. The van der Waals surface area contributed by atoms with Crippen LogP contribution in [0, 0.1) is 0 Å². The van der Waals surface area contributed by atoms with E-state index in [1.165, 1.54) is 25.7 Å². The Morgan fingerprint density at radius 2 is 1.87 bits per heavy atom. The molecule has 2 heterocycles. The van der Waals surface area contributed by atoms with Gasteiger partial charge in [0.2, 0.25) is 0 Å². The number of halogens is 1. The Hall–Kier alpha value is -1.88. The molecule has 23 heavy (non-hydrogen) atoms. The Morgan fingerprint density at radius 1 is 1.09 bits per heavy atom. The standard InChI is InChI=1S/C18H20BrN3O/c19-14-6-5-7-15(12-14)21-18(23)17-13-16(8-9-20-17)22-10-3-1-2-4-11-22/h5-9,12-13H,1-4,10-11H2,(H,21,23). The van der Waals surface area contributed by atoms with E-state index in [0.29, 0.717) is 5.69 Å². The first kappa shape index (κ1) is 16.0. The summed E-state index contributed by atoms with van der Waals surface area (Å²) < 4.78 is 0.932. The van der Waals surface area contributed by atoms with Crippen LogP contribution in [0.1, 0.15) is 36.2 Å². The molecule has 1 aliphatic rings. The van der Waals surface area contributed by atoms with Gasteiger partial charge in [0.25, 0.3) is 5.91 Å². The Kier molecular flexibility index (Phi) is 5.28. The summed E-state index contributed by atoms with van der Waals surface area (Å²) in [4.78, 5) is 19.0. The fourth-order valence-corrected chi connectivity index (χ4v) is 3.23. The van der Waals surface area contributed by atoms with Crippen LogP contribution in [0.3, 0.4) is 0 Å². The fourth-order valence-electron chi connectivity index (χ4n) is 2.83. The molecule has 1 amide bonds. The van der Waals surface area contributed by atoms with Gasteiger partial charge in [0.15, 0.2) is 0 Å². The number of pyridine rings is 1. The number of nitrogens with zero attached hydrogens (tertiary/aromatic N) is 2. The SMILES string of the molecule is O=C(Nc1cccc(Br)c1)c1cc(N2CCCCCC2)ccn1. The molecular formula is C18H20BrN3O. The molecule has 0 saturated carbocycles. The minimum Gasteiger partial charge on any atom is -0.371 e. The highest BCUT2D eigenvalue weighted by Gasteiger charge is 2.13. The molecule has 3 rings (SSSR count). The zero-order valence-corrected chi connectivity index (χ0v) is 14.6. The van der Waals surface area contributed by atoms with Crippen LogP contribution in [-0.2, 0) is 0 Å². The largest absolute Gasteiger partial charge is 0.371 e. The van der Waals surface area contributed by atoms with E-state index >= 15 is 0 Å². The first-order chi connectivity index (χ1) is 11.2. The lowest BCUT2D eigenvalue weighted by molar-refractivity contribution is 0.102. The second-order valence-electron chi connectivity index (χ2n) is 5.77. The number of nitrogens with one attached hydrogen (secondary N) is 1. The van der Waals surface area contributed by atoms with Gasteiger partial charge in [0.05, 0.1) is 0 Å². The Bertz CT molecular complexity index is 681. The number of hydrogen-bond donors (Lipinski definition) is 1. The normalized spacial score (nSPS) is 15.1. The molecule has 1 fully saturated rings. The van der Waals surface area contributed by atoms with Crippen molar-refractivity contribution >= 4 is 33.2 Å². The van der Waals surface area contributed by atoms with Gasteiger partial charge in [-0.1, -0.05) is 34.8 Å². The van der Waals surface area contributed by atoms with Gasteiger partial charge in [0, 0.05) is 35.1 Å². The van der Waals surface area contributed by atoms with Gasteiger partial charge in [-0.25, -0.2) is 0 Å². The smallest absolute Gasteiger partial charge is 0.274 e. The molecule has 0 radical (unpaired) electrons. The van der Waals surface area contributed by atoms with Crippen molar-refractivity contribution in [1.82, 2.24) is 4.98 Å². The summed E-state index contributed by atoms with van der Waals surface area (Å²) in [6.45, 7) is 2.10. The van der Waals surface area contributed by atoms with Gasteiger partial charge >= 0.3 is 0 Å². The summed E-state index contributed by atoms with van der Waals surface area (Å²) >= 11 is 3.41. The van der Waals surface area contributed by atoms with Gasteiger partial charge in [0.1, 0.15) is 5.69 Å². The van der Waals surface area contributed by atoms with Crippen LogP contribution >= 0.6 is 15.9 Å². The van der Waals surface area contributed by atoms with Crippen LogP contribution in [0.2, 0.25) is 0 Å². The summed E-state index contributed by atoms with van der Waals surface area (Å²) in [7, 11) is 0. The molecule has 0 aliphatic carbocycles. The van der Waals surface area contributed by atoms with Crippen molar-refractivity contribution < 1.29 is 4.79 Å². The Balaban J connectivity index is 1.74. The summed E-state index contributed by atoms with van der Waals surface area (Å²) in [5, 5.41) is 2.89. The molecule has 4 nitrogen and oxygen atoms in total. The minimum atomic E-state index is -0.181. The molecule has 120 valence electrons. The van der Waals surface area contributed by atoms with Crippen LogP contribution in [0.15, 0.2) is 47.1 Å². The third kappa shape index (κ3) is 4.32. The topological polar surface area (TPSA) is 45.2 Å². The predicted octanol–water partition coefficient (Wildman–Crippen LogP) is 4.48. The van der Waals surface area contributed by atoms with E-state index in [4.69, 9.17) is 0 Å². The van der Waals surface area contributed by atoms with Crippen LogP contribution in [0.5, 0.6) is 0 Å². The average molecular weight is 374 g/mol. The van der Waals surface area contributed by atoms with E-state index in [1.807, 2.05) is 36.4 Å². The molecule has 1 saturated heterocycles. The van der Waals surface area contributed by atoms with Gasteiger partial charge in [-0.05, 0) is 43.2 Å². The second-order valence-corrected chi connectivity index (χ2v) is 6.68. The highest BCUT2D eigenvalue weighted by molar-refractivity contribution is 9.10. The maximum Gasteiger partial charge on any atom is 0.274 e. The van der Waals surface area contributed by atoms with E-state index in [-0.39, 0.29) is 5.91 Å². The number of hydrogen-bond acceptors (Lipinski definition) is 3. The summed E-state index contributed by atoms with van der Waals surface area (Å²) in [5.41, 5.74) is 2.29. The third-order valence-corrected chi connectivity index (χ3v) is 4.52. The quantitative estimate of drug-likeness (QED) is 0.862. The molecule has 5 heteroatoms. The van der Waals surface area contributed by atoms with Crippen LogP contribution in [0.4, 0.5) is 11.4 Å². The van der Waals surface area contributed by atoms with E-state index in [0.717, 1.165) is 28.9 Å². The van der Waals surface area contributed by atoms with Gasteiger partial charge in [-0.15, -0.1) is 0 Å². The van der Waals surface area contributed by atoms with Crippen molar-refractivity contribution in [2.45, 2.75) is 25.7 Å². The van der Waals surface area contributed by atoms with Crippen molar-refractivity contribution in [1.29, 1.82) is 0 Å². The van der Waals surface area contributed by atoms with Crippen molar-refractivity contribution in [2.75, 3.05) is 23.3 Å². The maximum absolute atomic E-state index is 12.4. The number of carbonyl (C=O) groups is 1. The molecule has 1 aromatic heterocycles. The number of amides is 1. The lowest BCUT2D eigenvalue weighted by Gasteiger charge is -2.22. The third-order valence-electron chi connectivity index (χ3n) is 4.03. The van der Waals surface area contributed by atoms with Crippen molar-refractivity contribution in [2.24, 2.45) is 0 Å². The van der Waals surface area contributed by atoms with E-state index < -0.39 is 0 Å². The van der Waals surface area contributed by atoms with Gasteiger partial charge in [-0.2, -0.15) is 0 Å². The van der Waals surface area contributed by atoms with E-state index in [1.54, 1.807) is 6.20 Å². The maximum atomic E-state index is 12.4. The lowest BCUT2D eigenvalue weighted by atomic mass is 10.2. The first-order valence-electron chi connectivity index (χ1n) is 8.00. The molecule has 0 spiro atoms. The summed E-state index contributed by atoms with van der Waals surface area (Å²) in [6, 6.07) is 11.4. The highest BCUT2D eigenvalue weighted by Crippen LogP contribution is 2.21. The van der Waals surface area contributed by atoms with Crippen molar-refractivity contribution in [3.05, 3.63) is 52.8 Å². The zero-order valence-electron chi connectivity index (χ0n) is 13.0. The van der Waals surface area contributed by atoms with Gasteiger partial charge in [-0.3, -0.25) is 9.78 Å². The van der Waals surface area contributed by atoms with E-state index in [2.05, 4.69) is 31.1 Å². The molecule has 0 atom stereocenters. The van der Waals surface area contributed by atoms with Crippen LogP contribution < -0.4 is 10.2 Å². The number of rotatable bonds is 3. The lowest BCUT2D eigenvalue weighted by Crippen LogP contribution is -2.24. The molecule has 1 N–H and O–H groups in total. The van der Waals surface area contributed by atoms with Gasteiger partial charge < -0.3 is 10.2 Å². The fraction of sp³-hybridized carbons (Fsp3) is 0.333. The minimum absolute atomic E-state index is 0.181. The first-order valence-corrected chi connectivity index (χ1v) is 8.79. The molecular weight excluding hydrogens is 354 g/mol. The second kappa shape index (κ2) is 7.59. The molecule has 0 bridgehead atoms. The molecule has 0 unspecified atom stereocenters. The number of anilines is 2. The van der Waals surface area contributed by atoms with E-state index in [9.17, 15) is 4.79 Å². The van der Waals surface area contributed by atoms with Crippen molar-refractivity contribution in [3.63, 3.8) is 0 Å². The predicted molar refractivity (Wildman–Crippen MR) is 97.0 cm³/mol. The van der Waals surface area contributed by atoms with Crippen LogP contribution in [0.25, 0.3) is 0 Å². The average Bonchev–Trinajstić information content (AvgIpc) is 2.84. The number of benzene rings is 1. The molecule has 2 aromatic rings. The summed E-state index contributed by atoms with van der Waals surface area (Å²) in [6.07, 6.45) is 6.72. The Labute approximate surface area is 145 Å². The van der Waals surface area contributed by atoms with Crippen molar-refractivity contribution in [3.8, 4) is 0 Å². The van der Waals surface area contributed by atoms with Crippen LogP contribution in [-0.4, -0.2) is 24.0 Å². The Morgan fingerprint density at radius 3 is 2.61 bits per heavy atom. The molecule has 1 aromatic carbocycles. The highest BCUT2D eigenvalue weighted by atomic mass is 79.9. The number of carbonyl (C=O) groups excluding carboxylic acids is 1. The monoisotopic (exact) mass is 373 g/mol. The zero-order chi connectivity index (χ0) is 16.1.